The topological polar surface area (TPSA) is 32.3 Å². The summed E-state index contributed by atoms with van der Waals surface area (Å²) in [5, 5.41) is 3.45. The van der Waals surface area contributed by atoms with Crippen molar-refractivity contribution in [1.29, 1.82) is 0 Å². The molecule has 3 aliphatic heterocycles. The van der Waals surface area contributed by atoms with E-state index in [0.29, 0.717) is 23.3 Å². The average molecular weight is 288 g/mol. The second kappa shape index (κ2) is 4.47. The van der Waals surface area contributed by atoms with Gasteiger partial charge in [-0.25, -0.2) is 0 Å². The fourth-order valence-corrected chi connectivity index (χ4v) is 6.43. The van der Waals surface area contributed by atoms with Gasteiger partial charge in [0.05, 0.1) is 0 Å². The first-order valence-corrected chi connectivity index (χ1v) is 9.25. The summed E-state index contributed by atoms with van der Waals surface area (Å²) in [6.45, 7) is 3.35. The lowest BCUT2D eigenvalue weighted by atomic mass is 9.68. The van der Waals surface area contributed by atoms with Gasteiger partial charge in [0.15, 0.2) is 0 Å². The van der Waals surface area contributed by atoms with Crippen LogP contribution in [-0.4, -0.2) is 36.5 Å². The molecule has 21 heavy (non-hydrogen) atoms. The van der Waals surface area contributed by atoms with E-state index in [1.165, 1.54) is 51.4 Å². The minimum Gasteiger partial charge on any atom is -0.339 e. The van der Waals surface area contributed by atoms with Crippen LogP contribution in [0.2, 0.25) is 0 Å². The lowest BCUT2D eigenvalue weighted by molar-refractivity contribution is -0.136. The van der Waals surface area contributed by atoms with Gasteiger partial charge in [0, 0.05) is 18.5 Å². The van der Waals surface area contributed by atoms with Crippen LogP contribution in [0.15, 0.2) is 0 Å². The molecule has 1 spiro atoms. The molecule has 1 amide bonds. The Kier molecular flexibility index (Phi) is 2.75. The third kappa shape index (κ3) is 1.99. The maximum Gasteiger partial charge on any atom is 0.226 e. The molecule has 1 N–H and O–H groups in total. The number of nitrogens with one attached hydrogen (secondary N) is 1. The van der Waals surface area contributed by atoms with Crippen molar-refractivity contribution in [2.24, 2.45) is 29.1 Å². The summed E-state index contributed by atoms with van der Waals surface area (Å²) in [6.07, 6.45) is 10.6. The maximum absolute atomic E-state index is 13.2. The van der Waals surface area contributed by atoms with Crippen LogP contribution in [0.5, 0.6) is 0 Å². The monoisotopic (exact) mass is 288 g/mol. The van der Waals surface area contributed by atoms with E-state index in [4.69, 9.17) is 0 Å². The van der Waals surface area contributed by atoms with E-state index < -0.39 is 0 Å². The summed E-state index contributed by atoms with van der Waals surface area (Å²) in [4.78, 5) is 15.5. The molecule has 0 radical (unpaired) electrons. The molecule has 3 aliphatic carbocycles. The summed E-state index contributed by atoms with van der Waals surface area (Å²) in [5.74, 6) is 3.65. The van der Waals surface area contributed by atoms with E-state index >= 15 is 0 Å². The minimum absolute atomic E-state index is 0.385. The molecule has 3 heterocycles. The molecule has 0 aromatic rings. The lowest BCUT2D eigenvalue weighted by Crippen LogP contribution is -2.44. The first kappa shape index (κ1) is 12.9. The molecule has 116 valence electrons. The van der Waals surface area contributed by atoms with E-state index in [1.807, 2.05) is 0 Å². The second-order valence-corrected chi connectivity index (χ2v) is 8.79. The Balaban J connectivity index is 1.35. The number of nitrogens with zero attached hydrogens (tertiary/aromatic N) is 1. The van der Waals surface area contributed by atoms with Crippen molar-refractivity contribution in [1.82, 2.24) is 10.2 Å². The fraction of sp³-hybridized carbons (Fsp3) is 0.944. The summed E-state index contributed by atoms with van der Waals surface area (Å²) < 4.78 is 0. The number of carbonyl (C=O) groups excluding carboxylic acids is 1. The van der Waals surface area contributed by atoms with E-state index in [0.717, 1.165) is 37.4 Å². The first-order chi connectivity index (χ1) is 10.2. The molecular formula is C18H28N2O. The smallest absolute Gasteiger partial charge is 0.226 e. The summed E-state index contributed by atoms with van der Waals surface area (Å²) in [7, 11) is 0. The predicted molar refractivity (Wildman–Crippen MR) is 81.7 cm³/mol. The van der Waals surface area contributed by atoms with Gasteiger partial charge in [-0.05, 0) is 87.6 Å². The molecule has 6 fully saturated rings. The number of piperidine rings is 1. The van der Waals surface area contributed by atoms with Crippen LogP contribution in [0, 0.1) is 29.1 Å². The van der Waals surface area contributed by atoms with Crippen LogP contribution in [0.4, 0.5) is 0 Å². The van der Waals surface area contributed by atoms with Crippen molar-refractivity contribution in [2.75, 3.05) is 19.6 Å². The van der Waals surface area contributed by atoms with E-state index in [-0.39, 0.29) is 0 Å². The summed E-state index contributed by atoms with van der Waals surface area (Å²) in [6, 6.07) is 0.605. The molecule has 3 nitrogen and oxygen atoms in total. The molecule has 4 bridgehead atoms. The van der Waals surface area contributed by atoms with Gasteiger partial charge in [-0.2, -0.15) is 0 Å². The van der Waals surface area contributed by atoms with E-state index in [2.05, 4.69) is 10.2 Å². The maximum atomic E-state index is 13.2. The van der Waals surface area contributed by atoms with Crippen LogP contribution in [-0.2, 0) is 4.79 Å². The number of hydrogen-bond donors (Lipinski definition) is 1. The first-order valence-electron chi connectivity index (χ1n) is 9.25. The number of fused-ring (bicyclic) bond motifs is 1. The average Bonchev–Trinajstić information content (AvgIpc) is 3.20. The standard InChI is InChI=1S/C18H28N2O/c21-17(16-10-18(16)1-3-19-4-2-18)20-11-14-6-12-5-13(7-14)9-15(20)8-12/h12-16,19H,1-11H2. The van der Waals surface area contributed by atoms with Crippen LogP contribution in [0.3, 0.4) is 0 Å². The zero-order valence-electron chi connectivity index (χ0n) is 13.0. The normalized spacial score (nSPS) is 46.7. The van der Waals surface area contributed by atoms with Gasteiger partial charge in [0.1, 0.15) is 0 Å². The van der Waals surface area contributed by atoms with Gasteiger partial charge >= 0.3 is 0 Å². The van der Waals surface area contributed by atoms with E-state index in [9.17, 15) is 4.79 Å². The zero-order chi connectivity index (χ0) is 14.0. The van der Waals surface area contributed by atoms with Crippen molar-refractivity contribution in [3.63, 3.8) is 0 Å². The Labute approximate surface area is 127 Å². The Hall–Kier alpha value is -0.570. The molecule has 3 atom stereocenters. The molecule has 6 aliphatic rings. The number of rotatable bonds is 1. The lowest BCUT2D eigenvalue weighted by Gasteiger charge is -2.39. The van der Waals surface area contributed by atoms with Crippen molar-refractivity contribution < 1.29 is 4.79 Å². The molecule has 3 saturated heterocycles. The van der Waals surface area contributed by atoms with Crippen LogP contribution >= 0.6 is 0 Å². The fourth-order valence-electron chi connectivity index (χ4n) is 6.43. The molecule has 3 heteroatoms. The van der Waals surface area contributed by atoms with E-state index in [1.54, 1.807) is 0 Å². The Morgan fingerprint density at radius 2 is 1.62 bits per heavy atom. The quantitative estimate of drug-likeness (QED) is 0.803. The van der Waals surface area contributed by atoms with Gasteiger partial charge in [0.2, 0.25) is 5.91 Å². The van der Waals surface area contributed by atoms with Crippen molar-refractivity contribution >= 4 is 5.91 Å². The summed E-state index contributed by atoms with van der Waals surface area (Å²) in [5.41, 5.74) is 0.408. The molecular weight excluding hydrogens is 260 g/mol. The molecule has 0 aromatic heterocycles. The highest BCUT2D eigenvalue weighted by molar-refractivity contribution is 5.83. The van der Waals surface area contributed by atoms with Crippen LogP contribution in [0.25, 0.3) is 0 Å². The highest BCUT2D eigenvalue weighted by Gasteiger charge is 2.59. The highest BCUT2D eigenvalue weighted by atomic mass is 16.2. The Morgan fingerprint density at radius 3 is 2.33 bits per heavy atom. The Morgan fingerprint density at radius 1 is 0.952 bits per heavy atom. The van der Waals surface area contributed by atoms with Crippen molar-refractivity contribution in [3.8, 4) is 0 Å². The third-order valence-electron chi connectivity index (χ3n) is 7.48. The molecule has 6 rings (SSSR count). The summed E-state index contributed by atoms with van der Waals surface area (Å²) >= 11 is 0. The minimum atomic E-state index is 0.385. The number of hydrogen-bond acceptors (Lipinski definition) is 2. The molecule has 3 saturated carbocycles. The third-order valence-corrected chi connectivity index (χ3v) is 7.48. The van der Waals surface area contributed by atoms with Gasteiger partial charge in [-0.1, -0.05) is 0 Å². The number of amides is 1. The van der Waals surface area contributed by atoms with Crippen molar-refractivity contribution in [3.05, 3.63) is 0 Å². The van der Waals surface area contributed by atoms with Crippen LogP contribution < -0.4 is 5.32 Å². The largest absolute Gasteiger partial charge is 0.339 e. The highest BCUT2D eigenvalue weighted by Crippen LogP contribution is 2.60. The SMILES string of the molecule is O=C(C1CC12CCNCC2)N1CC2CC3CC(C2)CC1C3. The zero-order valence-corrected chi connectivity index (χ0v) is 13.0. The van der Waals surface area contributed by atoms with Crippen molar-refractivity contribution in [2.45, 2.75) is 57.4 Å². The molecule has 3 unspecified atom stereocenters. The van der Waals surface area contributed by atoms with Gasteiger partial charge in [-0.3, -0.25) is 4.79 Å². The van der Waals surface area contributed by atoms with Gasteiger partial charge in [0.25, 0.3) is 0 Å². The molecule has 0 aromatic carbocycles. The second-order valence-electron chi connectivity index (χ2n) is 8.79. The van der Waals surface area contributed by atoms with Gasteiger partial charge in [-0.15, -0.1) is 0 Å². The predicted octanol–water partition coefficient (Wildman–Crippen LogP) is 2.41. The van der Waals surface area contributed by atoms with Gasteiger partial charge < -0.3 is 10.2 Å². The number of carbonyl (C=O) groups is 1. The Bertz CT molecular complexity index is 442. The van der Waals surface area contributed by atoms with Crippen LogP contribution in [0.1, 0.15) is 51.4 Å².